The van der Waals surface area contributed by atoms with E-state index in [1.807, 2.05) is 6.92 Å². The summed E-state index contributed by atoms with van der Waals surface area (Å²) in [6.07, 6.45) is 1.60. The average Bonchev–Trinajstić information content (AvgIpc) is 2.50. The molecule has 1 aromatic heterocycles. The van der Waals surface area contributed by atoms with E-state index in [0.29, 0.717) is 12.2 Å². The van der Waals surface area contributed by atoms with Crippen molar-refractivity contribution in [2.24, 2.45) is 5.73 Å². The van der Waals surface area contributed by atoms with Gasteiger partial charge in [0, 0.05) is 12.7 Å². The van der Waals surface area contributed by atoms with Crippen molar-refractivity contribution in [1.29, 1.82) is 0 Å². The summed E-state index contributed by atoms with van der Waals surface area (Å²) in [5.41, 5.74) is 5.79. The van der Waals surface area contributed by atoms with Crippen molar-refractivity contribution >= 4 is 18.2 Å². The lowest BCUT2D eigenvalue weighted by atomic mass is 10.3. The predicted molar refractivity (Wildman–Crippen MR) is 48.5 cm³/mol. The Bertz CT molecular complexity index is 259. The maximum absolute atomic E-state index is 11.1. The molecule has 0 fully saturated rings. The van der Waals surface area contributed by atoms with E-state index in [-0.39, 0.29) is 24.7 Å². The number of hydrogen-bond acceptors (Lipinski definition) is 3. The van der Waals surface area contributed by atoms with Gasteiger partial charge in [-0.2, -0.15) is 5.10 Å². The van der Waals surface area contributed by atoms with Gasteiger partial charge in [0.25, 0.3) is 0 Å². The van der Waals surface area contributed by atoms with Crippen LogP contribution in [0.5, 0.6) is 0 Å². The Hall–Kier alpha value is -0.870. The van der Waals surface area contributed by atoms with Crippen LogP contribution in [0.15, 0.2) is 12.3 Å². The summed E-state index contributed by atoms with van der Waals surface area (Å²) in [7, 11) is 0. The molecule has 68 valence electrons. The van der Waals surface area contributed by atoms with Crippen molar-refractivity contribution < 1.29 is 4.79 Å². The van der Waals surface area contributed by atoms with Gasteiger partial charge in [-0.3, -0.25) is 9.48 Å². The van der Waals surface area contributed by atoms with E-state index in [2.05, 4.69) is 5.10 Å². The Balaban J connectivity index is 0.00000121. The Labute approximate surface area is 77.2 Å². The van der Waals surface area contributed by atoms with E-state index in [1.165, 1.54) is 0 Å². The third-order valence-electron chi connectivity index (χ3n) is 1.49. The first-order valence-corrected chi connectivity index (χ1v) is 3.54. The van der Waals surface area contributed by atoms with Gasteiger partial charge in [0.15, 0.2) is 5.78 Å². The summed E-state index contributed by atoms with van der Waals surface area (Å²) in [5, 5.41) is 3.94. The van der Waals surface area contributed by atoms with E-state index in [0.717, 1.165) is 0 Å². The summed E-state index contributed by atoms with van der Waals surface area (Å²) >= 11 is 0. The van der Waals surface area contributed by atoms with Crippen molar-refractivity contribution in [1.82, 2.24) is 9.78 Å². The first kappa shape index (κ1) is 11.1. The Kier molecular flexibility index (Phi) is 4.54. The highest BCUT2D eigenvalue weighted by Crippen LogP contribution is 1.98. The van der Waals surface area contributed by atoms with E-state index in [9.17, 15) is 4.79 Å². The summed E-state index contributed by atoms with van der Waals surface area (Å²) in [6, 6.07) is 1.68. The molecule has 0 saturated carbocycles. The predicted octanol–water partition coefficient (Wildman–Crippen LogP) is 0.466. The van der Waals surface area contributed by atoms with E-state index >= 15 is 0 Å². The molecule has 2 N–H and O–H groups in total. The van der Waals surface area contributed by atoms with Gasteiger partial charge in [-0.25, -0.2) is 0 Å². The van der Waals surface area contributed by atoms with Gasteiger partial charge >= 0.3 is 0 Å². The maximum atomic E-state index is 11.1. The van der Waals surface area contributed by atoms with E-state index in [4.69, 9.17) is 5.73 Å². The van der Waals surface area contributed by atoms with Crippen LogP contribution in [0.1, 0.15) is 17.4 Å². The van der Waals surface area contributed by atoms with Crippen LogP contribution in [0.3, 0.4) is 0 Å². The second-order valence-corrected chi connectivity index (χ2v) is 2.16. The smallest absolute Gasteiger partial charge is 0.194 e. The quantitative estimate of drug-likeness (QED) is 0.704. The zero-order valence-electron chi connectivity index (χ0n) is 6.86. The van der Waals surface area contributed by atoms with Crippen molar-refractivity contribution in [2.75, 3.05) is 6.54 Å². The molecule has 4 nitrogen and oxygen atoms in total. The maximum Gasteiger partial charge on any atom is 0.194 e. The van der Waals surface area contributed by atoms with Crippen LogP contribution in [-0.4, -0.2) is 22.1 Å². The van der Waals surface area contributed by atoms with Crippen LogP contribution in [-0.2, 0) is 6.54 Å². The van der Waals surface area contributed by atoms with Gasteiger partial charge in [0.2, 0.25) is 0 Å². The molecule has 1 aromatic rings. The SMILES string of the molecule is CCn1nccc1C(=O)CN.Cl. The highest BCUT2D eigenvalue weighted by atomic mass is 35.5. The molecule has 0 aromatic carbocycles. The molecule has 0 aliphatic rings. The average molecular weight is 190 g/mol. The largest absolute Gasteiger partial charge is 0.324 e. The second-order valence-electron chi connectivity index (χ2n) is 2.16. The summed E-state index contributed by atoms with van der Waals surface area (Å²) in [4.78, 5) is 11.1. The Morgan fingerprint density at radius 1 is 1.75 bits per heavy atom. The van der Waals surface area contributed by atoms with Crippen LogP contribution < -0.4 is 5.73 Å². The molecule has 0 bridgehead atoms. The van der Waals surface area contributed by atoms with Crippen LogP contribution in [0.4, 0.5) is 0 Å². The molecule has 0 atom stereocenters. The van der Waals surface area contributed by atoms with Gasteiger partial charge < -0.3 is 5.73 Å². The van der Waals surface area contributed by atoms with Gasteiger partial charge in [-0.1, -0.05) is 0 Å². The normalized spacial score (nSPS) is 9.17. The van der Waals surface area contributed by atoms with Gasteiger partial charge in [0.1, 0.15) is 5.69 Å². The second kappa shape index (κ2) is 4.90. The lowest BCUT2D eigenvalue weighted by molar-refractivity contribution is 0.0991. The molecule has 1 heterocycles. The number of aryl methyl sites for hydroxylation is 1. The fraction of sp³-hybridized carbons (Fsp3) is 0.429. The zero-order chi connectivity index (χ0) is 8.27. The number of nitrogens with zero attached hydrogens (tertiary/aromatic N) is 2. The van der Waals surface area contributed by atoms with E-state index < -0.39 is 0 Å². The fourth-order valence-corrected chi connectivity index (χ4v) is 0.926. The molecule has 1 rings (SSSR count). The van der Waals surface area contributed by atoms with Gasteiger partial charge in [0.05, 0.1) is 6.54 Å². The van der Waals surface area contributed by atoms with Crippen LogP contribution >= 0.6 is 12.4 Å². The molecule has 5 heteroatoms. The number of ketones is 1. The number of Topliss-reactive ketones (excluding diaryl/α,β-unsaturated/α-hetero) is 1. The van der Waals surface area contributed by atoms with Gasteiger partial charge in [-0.05, 0) is 13.0 Å². The Morgan fingerprint density at radius 2 is 2.42 bits per heavy atom. The first-order valence-electron chi connectivity index (χ1n) is 3.54. The number of halogens is 1. The van der Waals surface area contributed by atoms with Crippen LogP contribution in [0, 0.1) is 0 Å². The van der Waals surface area contributed by atoms with Crippen LogP contribution in [0.2, 0.25) is 0 Å². The van der Waals surface area contributed by atoms with Crippen molar-refractivity contribution in [2.45, 2.75) is 13.5 Å². The standard InChI is InChI=1S/C7H11N3O.ClH/c1-2-10-6(3-4-9-10)7(11)5-8;/h3-4H,2,5,8H2,1H3;1H. The number of hydrogen-bond donors (Lipinski definition) is 1. The minimum Gasteiger partial charge on any atom is -0.324 e. The highest BCUT2D eigenvalue weighted by molar-refractivity contribution is 5.95. The third-order valence-corrected chi connectivity index (χ3v) is 1.49. The van der Waals surface area contributed by atoms with E-state index in [1.54, 1.807) is 16.9 Å². The monoisotopic (exact) mass is 189 g/mol. The number of aromatic nitrogens is 2. The summed E-state index contributed by atoms with van der Waals surface area (Å²) in [5.74, 6) is -0.0654. The molecule has 0 aliphatic heterocycles. The third kappa shape index (κ3) is 2.06. The van der Waals surface area contributed by atoms with Crippen molar-refractivity contribution in [3.05, 3.63) is 18.0 Å². The Morgan fingerprint density at radius 3 is 2.92 bits per heavy atom. The lowest BCUT2D eigenvalue weighted by Crippen LogP contribution is -2.18. The fourth-order valence-electron chi connectivity index (χ4n) is 0.926. The topological polar surface area (TPSA) is 60.9 Å². The zero-order valence-corrected chi connectivity index (χ0v) is 7.67. The molecule has 0 radical (unpaired) electrons. The molecule has 0 aliphatic carbocycles. The first-order chi connectivity index (χ1) is 5.29. The lowest BCUT2D eigenvalue weighted by Gasteiger charge is -2.00. The highest BCUT2D eigenvalue weighted by Gasteiger charge is 2.07. The molecule has 0 spiro atoms. The van der Waals surface area contributed by atoms with Gasteiger partial charge in [-0.15, -0.1) is 12.4 Å². The minimum atomic E-state index is -0.0654. The molecule has 0 amide bonds. The summed E-state index contributed by atoms with van der Waals surface area (Å²) in [6.45, 7) is 2.68. The number of rotatable bonds is 3. The van der Waals surface area contributed by atoms with Crippen LogP contribution in [0.25, 0.3) is 0 Å². The molecular formula is C7H12ClN3O. The molecule has 12 heavy (non-hydrogen) atoms. The molecule has 0 saturated heterocycles. The minimum absolute atomic E-state index is 0. The number of nitrogens with two attached hydrogens (primary N) is 1. The van der Waals surface area contributed by atoms with Crippen molar-refractivity contribution in [3.8, 4) is 0 Å². The molecule has 0 unspecified atom stereocenters. The van der Waals surface area contributed by atoms with Crippen molar-refractivity contribution in [3.63, 3.8) is 0 Å². The summed E-state index contributed by atoms with van der Waals surface area (Å²) < 4.78 is 1.63. The molecular weight excluding hydrogens is 178 g/mol. The number of carbonyl (C=O) groups is 1. The number of carbonyl (C=O) groups excluding carboxylic acids is 1.